The molecule has 0 saturated carbocycles. The number of benzene rings is 2. The van der Waals surface area contributed by atoms with Crippen molar-refractivity contribution in [2.24, 2.45) is 0 Å². The zero-order valence-electron chi connectivity index (χ0n) is 17.4. The molecule has 0 aliphatic carbocycles. The average Bonchev–Trinajstić information content (AvgIpc) is 2.71. The summed E-state index contributed by atoms with van der Waals surface area (Å²) in [5.74, 6) is 0.189. The van der Waals surface area contributed by atoms with Crippen LogP contribution in [0.25, 0.3) is 0 Å². The van der Waals surface area contributed by atoms with Gasteiger partial charge in [0.05, 0.1) is 6.54 Å². The molecule has 1 aliphatic rings. The van der Waals surface area contributed by atoms with Crippen LogP contribution in [0.3, 0.4) is 0 Å². The molecule has 0 spiro atoms. The Morgan fingerprint density at radius 2 is 1.71 bits per heavy atom. The third-order valence-corrected chi connectivity index (χ3v) is 6.40. The van der Waals surface area contributed by atoms with Crippen molar-refractivity contribution in [3.05, 3.63) is 59.2 Å². The predicted octanol–water partition coefficient (Wildman–Crippen LogP) is 3.81. The molecule has 28 heavy (non-hydrogen) atoms. The number of nitrogens with zero attached hydrogens (tertiary/aromatic N) is 3. The molecule has 5 heteroatoms. The summed E-state index contributed by atoms with van der Waals surface area (Å²) in [6.45, 7) is 9.31. The number of hydrogen-bond donors (Lipinski definition) is 0. The number of anilines is 1. The highest BCUT2D eigenvalue weighted by molar-refractivity contribution is 7.98. The number of thioether (sulfide) groups is 1. The van der Waals surface area contributed by atoms with Gasteiger partial charge in [0.25, 0.3) is 0 Å². The second-order valence-corrected chi connectivity index (χ2v) is 8.46. The second kappa shape index (κ2) is 9.48. The molecule has 2 aromatic rings. The van der Waals surface area contributed by atoms with Crippen molar-refractivity contribution in [2.45, 2.75) is 25.3 Å². The Hall–Kier alpha value is -1.98. The van der Waals surface area contributed by atoms with E-state index in [4.69, 9.17) is 0 Å². The fourth-order valence-corrected chi connectivity index (χ4v) is 4.04. The highest BCUT2D eigenvalue weighted by Crippen LogP contribution is 2.24. The number of rotatable bonds is 6. The Bertz CT molecular complexity index is 798. The SMILES string of the molecule is CSc1ccc(CN(C)C(=O)CN2CCN(c3cccc(C)c3C)CC2)cc1. The van der Waals surface area contributed by atoms with E-state index in [0.29, 0.717) is 13.1 Å². The van der Waals surface area contributed by atoms with Crippen molar-refractivity contribution in [1.29, 1.82) is 0 Å². The molecule has 4 nitrogen and oxygen atoms in total. The fourth-order valence-electron chi connectivity index (χ4n) is 3.63. The van der Waals surface area contributed by atoms with Crippen molar-refractivity contribution in [1.82, 2.24) is 9.80 Å². The predicted molar refractivity (Wildman–Crippen MR) is 119 cm³/mol. The molecule has 0 unspecified atom stereocenters. The maximum atomic E-state index is 12.7. The largest absolute Gasteiger partial charge is 0.369 e. The molecule has 0 bridgehead atoms. The molecule has 1 amide bonds. The Labute approximate surface area is 173 Å². The lowest BCUT2D eigenvalue weighted by Crippen LogP contribution is -2.49. The van der Waals surface area contributed by atoms with Crippen LogP contribution in [0, 0.1) is 13.8 Å². The van der Waals surface area contributed by atoms with Gasteiger partial charge in [-0.05, 0) is 55.0 Å². The van der Waals surface area contributed by atoms with Gasteiger partial charge in [-0.1, -0.05) is 24.3 Å². The monoisotopic (exact) mass is 397 g/mol. The lowest BCUT2D eigenvalue weighted by molar-refractivity contribution is -0.131. The molecule has 1 saturated heterocycles. The van der Waals surface area contributed by atoms with Crippen LogP contribution in [-0.4, -0.2) is 61.7 Å². The summed E-state index contributed by atoms with van der Waals surface area (Å²) in [5, 5.41) is 0. The van der Waals surface area contributed by atoms with E-state index in [2.05, 4.69) is 72.4 Å². The second-order valence-electron chi connectivity index (χ2n) is 7.58. The van der Waals surface area contributed by atoms with Crippen LogP contribution >= 0.6 is 11.8 Å². The quantitative estimate of drug-likeness (QED) is 0.693. The molecule has 1 aliphatic heterocycles. The lowest BCUT2D eigenvalue weighted by atomic mass is 10.1. The number of likely N-dealkylation sites (N-methyl/N-ethyl adjacent to an activating group) is 1. The molecule has 1 fully saturated rings. The molecule has 0 aromatic heterocycles. The van der Waals surface area contributed by atoms with Crippen molar-refractivity contribution in [2.75, 3.05) is 50.9 Å². The molecule has 0 N–H and O–H groups in total. The van der Waals surface area contributed by atoms with E-state index in [9.17, 15) is 4.79 Å². The minimum atomic E-state index is 0.189. The first-order chi connectivity index (χ1) is 13.5. The van der Waals surface area contributed by atoms with Gasteiger partial charge in [-0.3, -0.25) is 9.69 Å². The van der Waals surface area contributed by atoms with Crippen molar-refractivity contribution in [3.63, 3.8) is 0 Å². The first-order valence-electron chi connectivity index (χ1n) is 9.88. The molecule has 3 rings (SSSR count). The number of amides is 1. The Kier molecular flexibility index (Phi) is 7.03. The van der Waals surface area contributed by atoms with Crippen molar-refractivity contribution in [3.8, 4) is 0 Å². The topological polar surface area (TPSA) is 26.8 Å². The molecular weight excluding hydrogens is 366 g/mol. The highest BCUT2D eigenvalue weighted by Gasteiger charge is 2.21. The summed E-state index contributed by atoms with van der Waals surface area (Å²) in [5.41, 5.74) is 5.20. The summed E-state index contributed by atoms with van der Waals surface area (Å²) in [6.07, 6.45) is 2.07. The van der Waals surface area contributed by atoms with E-state index < -0.39 is 0 Å². The minimum Gasteiger partial charge on any atom is -0.369 e. The fraction of sp³-hybridized carbons (Fsp3) is 0.435. The van der Waals surface area contributed by atoms with Gasteiger partial charge >= 0.3 is 0 Å². The van der Waals surface area contributed by atoms with E-state index >= 15 is 0 Å². The van der Waals surface area contributed by atoms with Gasteiger partial charge in [0.1, 0.15) is 0 Å². The molecule has 2 aromatic carbocycles. The highest BCUT2D eigenvalue weighted by atomic mass is 32.2. The van der Waals surface area contributed by atoms with Gasteiger partial charge in [-0.25, -0.2) is 0 Å². The summed E-state index contributed by atoms with van der Waals surface area (Å²) >= 11 is 1.73. The van der Waals surface area contributed by atoms with Crippen LogP contribution in [0.4, 0.5) is 5.69 Å². The summed E-state index contributed by atoms with van der Waals surface area (Å²) in [6, 6.07) is 15.0. The first kappa shape index (κ1) is 20.7. The van der Waals surface area contributed by atoms with E-state index in [0.717, 1.165) is 26.2 Å². The van der Waals surface area contributed by atoms with Gasteiger partial charge in [0.15, 0.2) is 0 Å². The lowest BCUT2D eigenvalue weighted by Gasteiger charge is -2.37. The van der Waals surface area contributed by atoms with Gasteiger partial charge in [-0.15, -0.1) is 11.8 Å². The number of carbonyl (C=O) groups is 1. The Morgan fingerprint density at radius 1 is 1.04 bits per heavy atom. The van der Waals surface area contributed by atoms with Gasteiger partial charge in [0.2, 0.25) is 5.91 Å². The molecule has 150 valence electrons. The van der Waals surface area contributed by atoms with E-state index in [-0.39, 0.29) is 5.91 Å². The van der Waals surface area contributed by atoms with E-state index in [1.807, 2.05) is 11.9 Å². The normalized spacial score (nSPS) is 14.9. The third kappa shape index (κ3) is 5.09. The molecule has 0 atom stereocenters. The maximum Gasteiger partial charge on any atom is 0.236 e. The van der Waals surface area contributed by atoms with Gasteiger partial charge in [0, 0.05) is 50.4 Å². The van der Waals surface area contributed by atoms with E-state index in [1.54, 1.807) is 11.8 Å². The van der Waals surface area contributed by atoms with Crippen LogP contribution in [0.15, 0.2) is 47.4 Å². The summed E-state index contributed by atoms with van der Waals surface area (Å²) < 4.78 is 0. The van der Waals surface area contributed by atoms with Crippen molar-refractivity contribution >= 4 is 23.4 Å². The number of aryl methyl sites for hydroxylation is 1. The smallest absolute Gasteiger partial charge is 0.236 e. The zero-order chi connectivity index (χ0) is 20.1. The van der Waals surface area contributed by atoms with Crippen LogP contribution in [-0.2, 0) is 11.3 Å². The molecule has 0 radical (unpaired) electrons. The van der Waals surface area contributed by atoms with Gasteiger partial charge < -0.3 is 9.80 Å². The summed E-state index contributed by atoms with van der Waals surface area (Å²) in [4.78, 5) is 20.5. The molecular formula is C23H31N3OS. The first-order valence-corrected chi connectivity index (χ1v) is 11.1. The Balaban J connectivity index is 1.49. The Morgan fingerprint density at radius 3 is 2.36 bits per heavy atom. The standard InChI is InChI=1S/C23H31N3OS/c1-18-6-5-7-22(19(18)2)26-14-12-25(13-15-26)17-23(27)24(3)16-20-8-10-21(28-4)11-9-20/h5-11H,12-17H2,1-4H3. The summed E-state index contributed by atoms with van der Waals surface area (Å²) in [7, 11) is 1.90. The minimum absolute atomic E-state index is 0.189. The van der Waals surface area contributed by atoms with E-state index in [1.165, 1.54) is 27.3 Å². The zero-order valence-corrected chi connectivity index (χ0v) is 18.3. The van der Waals surface area contributed by atoms with Crippen LogP contribution in [0.5, 0.6) is 0 Å². The maximum absolute atomic E-state index is 12.7. The number of hydrogen-bond acceptors (Lipinski definition) is 4. The molecule has 1 heterocycles. The van der Waals surface area contributed by atoms with Crippen LogP contribution in [0.2, 0.25) is 0 Å². The van der Waals surface area contributed by atoms with Crippen molar-refractivity contribution < 1.29 is 4.79 Å². The van der Waals surface area contributed by atoms with Gasteiger partial charge in [-0.2, -0.15) is 0 Å². The third-order valence-electron chi connectivity index (χ3n) is 5.65. The number of piperazine rings is 1. The van der Waals surface area contributed by atoms with Crippen LogP contribution < -0.4 is 4.90 Å². The average molecular weight is 398 g/mol. The number of carbonyl (C=O) groups excluding carboxylic acids is 1. The van der Waals surface area contributed by atoms with Crippen LogP contribution in [0.1, 0.15) is 16.7 Å².